The predicted molar refractivity (Wildman–Crippen MR) is 87.4 cm³/mol. The number of thiophene rings is 1. The maximum atomic E-state index is 5.84. The lowest BCUT2D eigenvalue weighted by Gasteiger charge is -2.23. The maximum absolute atomic E-state index is 5.84. The summed E-state index contributed by atoms with van der Waals surface area (Å²) in [6, 6.07) is 10.6. The van der Waals surface area contributed by atoms with Crippen molar-refractivity contribution in [1.82, 2.24) is 5.32 Å². The van der Waals surface area contributed by atoms with Crippen LogP contribution in [0.1, 0.15) is 30.4 Å². The molecule has 20 heavy (non-hydrogen) atoms. The van der Waals surface area contributed by atoms with E-state index >= 15 is 0 Å². The van der Waals surface area contributed by atoms with E-state index in [-0.39, 0.29) is 6.10 Å². The van der Waals surface area contributed by atoms with Gasteiger partial charge in [-0.1, -0.05) is 44.2 Å². The topological polar surface area (TPSA) is 21.3 Å². The standard InChI is InChI=1S/C15H17NOS.C2H6/c1-16-9-14-15-12(7-8-17-14)13(10-18-15)11-5-3-2-4-6-11;1-2/h2-6,10,14,16H,7-9H2,1H3;1-2H3. The first-order chi connectivity index (χ1) is 9.90. The van der Waals surface area contributed by atoms with Gasteiger partial charge in [-0.05, 0) is 35.5 Å². The number of nitrogens with one attached hydrogen (secondary N) is 1. The zero-order chi connectivity index (χ0) is 14.4. The average molecular weight is 289 g/mol. The van der Waals surface area contributed by atoms with Crippen LogP contribution in [0.5, 0.6) is 0 Å². The first-order valence-corrected chi connectivity index (χ1v) is 8.20. The minimum atomic E-state index is 0.223. The lowest BCUT2D eigenvalue weighted by atomic mass is 9.98. The van der Waals surface area contributed by atoms with Gasteiger partial charge in [-0.15, -0.1) is 11.3 Å². The van der Waals surface area contributed by atoms with Crippen LogP contribution in [0.2, 0.25) is 0 Å². The van der Waals surface area contributed by atoms with Crippen LogP contribution in [0.15, 0.2) is 35.7 Å². The third-order valence-electron chi connectivity index (χ3n) is 3.36. The van der Waals surface area contributed by atoms with Gasteiger partial charge in [-0.25, -0.2) is 0 Å². The third-order valence-corrected chi connectivity index (χ3v) is 4.48. The smallest absolute Gasteiger partial charge is 0.104 e. The fourth-order valence-corrected chi connectivity index (χ4v) is 3.68. The molecule has 0 fully saturated rings. The number of fused-ring (bicyclic) bond motifs is 1. The largest absolute Gasteiger partial charge is 0.371 e. The molecule has 1 atom stereocenters. The molecular formula is C17H23NOS. The van der Waals surface area contributed by atoms with Crippen molar-refractivity contribution in [3.63, 3.8) is 0 Å². The Kier molecular flexibility index (Phi) is 5.77. The average Bonchev–Trinajstić information content (AvgIpc) is 2.95. The molecular weight excluding hydrogens is 266 g/mol. The molecule has 1 aliphatic heterocycles. The molecule has 0 amide bonds. The van der Waals surface area contributed by atoms with E-state index in [1.807, 2.05) is 32.2 Å². The highest BCUT2D eigenvalue weighted by Gasteiger charge is 2.24. The molecule has 108 valence electrons. The Hall–Kier alpha value is -1.16. The quantitative estimate of drug-likeness (QED) is 0.911. The van der Waals surface area contributed by atoms with Gasteiger partial charge in [0.25, 0.3) is 0 Å². The number of hydrogen-bond donors (Lipinski definition) is 1. The molecule has 0 bridgehead atoms. The van der Waals surface area contributed by atoms with Crippen molar-refractivity contribution in [2.45, 2.75) is 26.4 Å². The van der Waals surface area contributed by atoms with Crippen molar-refractivity contribution in [3.8, 4) is 11.1 Å². The Balaban J connectivity index is 0.000000704. The normalized spacial score (nSPS) is 17.1. The number of rotatable bonds is 3. The van der Waals surface area contributed by atoms with Crippen molar-refractivity contribution in [3.05, 3.63) is 46.2 Å². The molecule has 2 aromatic rings. The second-order valence-corrected chi connectivity index (χ2v) is 5.44. The molecule has 1 aromatic carbocycles. The lowest BCUT2D eigenvalue weighted by Crippen LogP contribution is -2.24. The van der Waals surface area contributed by atoms with Crippen LogP contribution in [0.4, 0.5) is 0 Å². The highest BCUT2D eigenvalue weighted by atomic mass is 32.1. The molecule has 2 heterocycles. The zero-order valence-corrected chi connectivity index (χ0v) is 13.3. The summed E-state index contributed by atoms with van der Waals surface area (Å²) in [6.45, 7) is 5.72. The van der Waals surface area contributed by atoms with Gasteiger partial charge in [0, 0.05) is 11.4 Å². The molecule has 0 spiro atoms. The fourth-order valence-electron chi connectivity index (χ4n) is 2.50. The minimum absolute atomic E-state index is 0.223. The summed E-state index contributed by atoms with van der Waals surface area (Å²) >= 11 is 1.83. The summed E-state index contributed by atoms with van der Waals surface area (Å²) in [4.78, 5) is 1.40. The molecule has 0 saturated carbocycles. The van der Waals surface area contributed by atoms with Gasteiger partial charge >= 0.3 is 0 Å². The van der Waals surface area contributed by atoms with Gasteiger partial charge in [-0.2, -0.15) is 0 Å². The van der Waals surface area contributed by atoms with Gasteiger partial charge in [0.2, 0.25) is 0 Å². The molecule has 1 aromatic heterocycles. The number of likely N-dealkylation sites (N-methyl/N-ethyl adjacent to an activating group) is 1. The second-order valence-electron chi connectivity index (χ2n) is 4.53. The van der Waals surface area contributed by atoms with Gasteiger partial charge in [-0.3, -0.25) is 0 Å². The molecule has 2 nitrogen and oxygen atoms in total. The van der Waals surface area contributed by atoms with Gasteiger partial charge in [0.05, 0.1) is 6.61 Å². The summed E-state index contributed by atoms with van der Waals surface area (Å²) < 4.78 is 5.84. The van der Waals surface area contributed by atoms with Crippen molar-refractivity contribution in [2.24, 2.45) is 0 Å². The molecule has 3 rings (SSSR count). The van der Waals surface area contributed by atoms with Crippen LogP contribution < -0.4 is 5.32 Å². The highest BCUT2D eigenvalue weighted by molar-refractivity contribution is 7.10. The molecule has 0 radical (unpaired) electrons. The Morgan fingerprint density at radius 1 is 1.25 bits per heavy atom. The number of hydrogen-bond acceptors (Lipinski definition) is 3. The zero-order valence-electron chi connectivity index (χ0n) is 12.5. The Morgan fingerprint density at radius 3 is 2.70 bits per heavy atom. The Labute approximate surface area is 125 Å². The van der Waals surface area contributed by atoms with Crippen molar-refractivity contribution < 1.29 is 4.74 Å². The van der Waals surface area contributed by atoms with Gasteiger partial charge in [0.15, 0.2) is 0 Å². The monoisotopic (exact) mass is 289 g/mol. The molecule has 1 N–H and O–H groups in total. The van der Waals surface area contributed by atoms with Crippen molar-refractivity contribution in [1.29, 1.82) is 0 Å². The van der Waals surface area contributed by atoms with Crippen LogP contribution >= 0.6 is 11.3 Å². The summed E-state index contributed by atoms with van der Waals surface area (Å²) in [6.07, 6.45) is 1.25. The van der Waals surface area contributed by atoms with E-state index in [2.05, 4.69) is 41.0 Å². The van der Waals surface area contributed by atoms with Crippen LogP contribution in [0.3, 0.4) is 0 Å². The molecule has 3 heteroatoms. The fraction of sp³-hybridized carbons (Fsp3) is 0.412. The number of ether oxygens (including phenoxy) is 1. The lowest BCUT2D eigenvalue weighted by molar-refractivity contribution is 0.0470. The van der Waals surface area contributed by atoms with E-state index in [9.17, 15) is 0 Å². The van der Waals surface area contributed by atoms with E-state index in [4.69, 9.17) is 4.74 Å². The van der Waals surface area contributed by atoms with E-state index in [1.165, 1.54) is 21.6 Å². The van der Waals surface area contributed by atoms with E-state index in [1.54, 1.807) is 0 Å². The van der Waals surface area contributed by atoms with Crippen LogP contribution in [0.25, 0.3) is 11.1 Å². The van der Waals surface area contributed by atoms with E-state index in [0.29, 0.717) is 0 Å². The first-order valence-electron chi connectivity index (χ1n) is 7.32. The Bertz CT molecular complexity index is 521. The minimum Gasteiger partial charge on any atom is -0.371 e. The molecule has 1 unspecified atom stereocenters. The van der Waals surface area contributed by atoms with Gasteiger partial charge < -0.3 is 10.1 Å². The molecule has 0 aliphatic carbocycles. The maximum Gasteiger partial charge on any atom is 0.104 e. The summed E-state index contributed by atoms with van der Waals surface area (Å²) in [7, 11) is 1.98. The Morgan fingerprint density at radius 2 is 2.00 bits per heavy atom. The summed E-state index contributed by atoms with van der Waals surface area (Å²) in [5.41, 5.74) is 4.19. The van der Waals surface area contributed by atoms with Crippen LogP contribution in [0, 0.1) is 0 Å². The molecule has 0 saturated heterocycles. The summed E-state index contributed by atoms with van der Waals surface area (Å²) in [5, 5.41) is 5.48. The third kappa shape index (κ3) is 3.11. The number of benzene rings is 1. The predicted octanol–water partition coefficient (Wildman–Crippen LogP) is 4.27. The SMILES string of the molecule is CC.CNCC1OCCc2c(-c3ccccc3)csc21. The summed E-state index contributed by atoms with van der Waals surface area (Å²) in [5.74, 6) is 0. The van der Waals surface area contributed by atoms with E-state index in [0.717, 1.165) is 19.6 Å². The van der Waals surface area contributed by atoms with Crippen LogP contribution in [-0.4, -0.2) is 20.2 Å². The van der Waals surface area contributed by atoms with Crippen LogP contribution in [-0.2, 0) is 11.2 Å². The first kappa shape index (κ1) is 15.2. The molecule has 1 aliphatic rings. The van der Waals surface area contributed by atoms with Crippen molar-refractivity contribution >= 4 is 11.3 Å². The van der Waals surface area contributed by atoms with Crippen molar-refractivity contribution in [2.75, 3.05) is 20.2 Å². The van der Waals surface area contributed by atoms with Gasteiger partial charge in [0.1, 0.15) is 6.10 Å². The second kappa shape index (κ2) is 7.58. The van der Waals surface area contributed by atoms with E-state index < -0.39 is 0 Å². The highest BCUT2D eigenvalue weighted by Crippen LogP contribution is 2.39.